The van der Waals surface area contributed by atoms with Crippen LogP contribution in [0.3, 0.4) is 0 Å². The summed E-state index contributed by atoms with van der Waals surface area (Å²) < 4.78 is 6.25. The van der Waals surface area contributed by atoms with Crippen molar-refractivity contribution in [3.63, 3.8) is 0 Å². The molecule has 6 heteroatoms. The minimum absolute atomic E-state index is 0.632. The van der Waals surface area contributed by atoms with Gasteiger partial charge in [0.25, 0.3) is 6.01 Å². The van der Waals surface area contributed by atoms with Crippen LogP contribution in [-0.2, 0) is 13.1 Å². The number of hydrogen-bond donors (Lipinski definition) is 1. The summed E-state index contributed by atoms with van der Waals surface area (Å²) in [6, 6.07) is 4.56. The van der Waals surface area contributed by atoms with Crippen LogP contribution in [0.15, 0.2) is 22.8 Å². The molecule has 0 saturated heterocycles. The molecular weight excluding hydrogens is 270 g/mol. The van der Waals surface area contributed by atoms with E-state index >= 15 is 0 Å². The van der Waals surface area contributed by atoms with Gasteiger partial charge in [0.2, 0.25) is 0 Å². The molecule has 0 radical (unpaired) electrons. The van der Waals surface area contributed by atoms with Gasteiger partial charge in [-0.1, -0.05) is 18.5 Å². The average molecular weight is 286 g/mol. The largest absolute Gasteiger partial charge is 0.432 e. The SMILES string of the molecule is CCNCc1coc(N(C)Cc2ccc(Cl)s2)n1. The third-order valence-electron chi connectivity index (χ3n) is 2.44. The van der Waals surface area contributed by atoms with Crippen LogP contribution in [-0.4, -0.2) is 18.6 Å². The first-order valence-corrected chi connectivity index (χ1v) is 6.99. The molecule has 0 atom stereocenters. The van der Waals surface area contributed by atoms with E-state index in [-0.39, 0.29) is 0 Å². The lowest BCUT2D eigenvalue weighted by atomic mass is 10.4. The predicted octanol–water partition coefficient (Wildman–Crippen LogP) is 3.14. The summed E-state index contributed by atoms with van der Waals surface area (Å²) in [6.45, 7) is 4.47. The lowest BCUT2D eigenvalue weighted by molar-refractivity contribution is 0.543. The lowest BCUT2D eigenvalue weighted by Crippen LogP contribution is -2.16. The van der Waals surface area contributed by atoms with E-state index < -0.39 is 0 Å². The number of thiophene rings is 1. The van der Waals surface area contributed by atoms with Crippen LogP contribution in [0.2, 0.25) is 4.34 Å². The molecule has 0 saturated carbocycles. The summed E-state index contributed by atoms with van der Waals surface area (Å²) in [5.74, 6) is 0. The number of aromatic nitrogens is 1. The summed E-state index contributed by atoms with van der Waals surface area (Å²) in [5.41, 5.74) is 0.919. The molecule has 0 aliphatic heterocycles. The van der Waals surface area contributed by atoms with Gasteiger partial charge in [-0.2, -0.15) is 4.98 Å². The first kappa shape index (κ1) is 13.4. The monoisotopic (exact) mass is 285 g/mol. The molecule has 0 fully saturated rings. The molecule has 0 amide bonds. The zero-order valence-corrected chi connectivity index (χ0v) is 12.0. The van der Waals surface area contributed by atoms with Crippen LogP contribution in [0, 0.1) is 0 Å². The fraction of sp³-hybridized carbons (Fsp3) is 0.417. The van der Waals surface area contributed by atoms with Gasteiger partial charge in [0, 0.05) is 18.5 Å². The van der Waals surface area contributed by atoms with Gasteiger partial charge in [-0.15, -0.1) is 11.3 Å². The van der Waals surface area contributed by atoms with Gasteiger partial charge in [0.15, 0.2) is 0 Å². The Hall–Kier alpha value is -1.04. The van der Waals surface area contributed by atoms with Crippen molar-refractivity contribution in [1.82, 2.24) is 10.3 Å². The Labute approximate surface area is 116 Å². The van der Waals surface area contributed by atoms with Crippen molar-refractivity contribution in [2.75, 3.05) is 18.5 Å². The molecule has 18 heavy (non-hydrogen) atoms. The first-order valence-electron chi connectivity index (χ1n) is 5.79. The van der Waals surface area contributed by atoms with Gasteiger partial charge in [-0.25, -0.2) is 0 Å². The van der Waals surface area contributed by atoms with Crippen LogP contribution in [0.1, 0.15) is 17.5 Å². The molecule has 4 nitrogen and oxygen atoms in total. The average Bonchev–Trinajstić information content (AvgIpc) is 2.96. The van der Waals surface area contributed by atoms with Gasteiger partial charge in [0.1, 0.15) is 6.26 Å². The molecule has 0 aromatic carbocycles. The van der Waals surface area contributed by atoms with Crippen molar-refractivity contribution >= 4 is 29.0 Å². The molecule has 2 heterocycles. The second-order valence-corrected chi connectivity index (χ2v) is 5.76. The number of nitrogens with zero attached hydrogens (tertiary/aromatic N) is 2. The zero-order chi connectivity index (χ0) is 13.0. The van der Waals surface area contributed by atoms with E-state index in [0.717, 1.165) is 29.7 Å². The van der Waals surface area contributed by atoms with Gasteiger partial charge < -0.3 is 14.6 Å². The molecule has 98 valence electrons. The molecule has 0 bridgehead atoms. The van der Waals surface area contributed by atoms with Crippen LogP contribution in [0.4, 0.5) is 6.01 Å². The molecular formula is C12H16ClN3OS. The van der Waals surface area contributed by atoms with Gasteiger partial charge in [0.05, 0.1) is 16.6 Å². The topological polar surface area (TPSA) is 41.3 Å². The molecule has 2 rings (SSSR count). The summed E-state index contributed by atoms with van der Waals surface area (Å²) >= 11 is 7.48. The van der Waals surface area contributed by atoms with E-state index in [0.29, 0.717) is 6.01 Å². The van der Waals surface area contributed by atoms with E-state index in [9.17, 15) is 0 Å². The lowest BCUT2D eigenvalue weighted by Gasteiger charge is -2.12. The minimum atomic E-state index is 0.632. The number of halogens is 1. The number of nitrogens with one attached hydrogen (secondary N) is 1. The van der Waals surface area contributed by atoms with Crippen molar-refractivity contribution < 1.29 is 4.42 Å². The maximum atomic E-state index is 5.90. The Morgan fingerprint density at radius 2 is 2.33 bits per heavy atom. The van der Waals surface area contributed by atoms with E-state index in [4.69, 9.17) is 16.0 Å². The maximum absolute atomic E-state index is 5.90. The maximum Gasteiger partial charge on any atom is 0.297 e. The Bertz CT molecular complexity index is 497. The van der Waals surface area contributed by atoms with Crippen LogP contribution >= 0.6 is 22.9 Å². The molecule has 0 aliphatic carbocycles. The highest BCUT2D eigenvalue weighted by Gasteiger charge is 2.10. The smallest absolute Gasteiger partial charge is 0.297 e. The fourth-order valence-electron chi connectivity index (χ4n) is 1.54. The molecule has 2 aromatic rings. The van der Waals surface area contributed by atoms with Crippen LogP contribution < -0.4 is 10.2 Å². The second kappa shape index (κ2) is 6.22. The normalized spacial score (nSPS) is 10.8. The Balaban J connectivity index is 1.96. The summed E-state index contributed by atoms with van der Waals surface area (Å²) in [4.78, 5) is 7.58. The Morgan fingerprint density at radius 1 is 1.50 bits per heavy atom. The van der Waals surface area contributed by atoms with Crippen LogP contribution in [0.5, 0.6) is 0 Å². The van der Waals surface area contributed by atoms with Gasteiger partial charge >= 0.3 is 0 Å². The highest BCUT2D eigenvalue weighted by Crippen LogP contribution is 2.24. The number of anilines is 1. The zero-order valence-electron chi connectivity index (χ0n) is 10.4. The molecule has 0 spiro atoms. The minimum Gasteiger partial charge on any atom is -0.432 e. The third-order valence-corrected chi connectivity index (χ3v) is 3.66. The Morgan fingerprint density at radius 3 is 3.00 bits per heavy atom. The van der Waals surface area contributed by atoms with Crippen molar-refractivity contribution in [1.29, 1.82) is 0 Å². The number of hydrogen-bond acceptors (Lipinski definition) is 5. The van der Waals surface area contributed by atoms with E-state index in [1.807, 2.05) is 24.1 Å². The summed E-state index contributed by atoms with van der Waals surface area (Å²) in [7, 11) is 1.95. The highest BCUT2D eigenvalue weighted by atomic mass is 35.5. The number of oxazole rings is 1. The molecule has 0 aliphatic rings. The number of rotatable bonds is 6. The Kier molecular flexibility index (Phi) is 4.63. The standard InChI is InChI=1S/C12H16ClN3OS/c1-3-14-6-9-8-17-12(15-9)16(2)7-10-4-5-11(13)18-10/h4-5,8,14H,3,6-7H2,1-2H3. The van der Waals surface area contributed by atoms with Crippen LogP contribution in [0.25, 0.3) is 0 Å². The third kappa shape index (κ3) is 3.48. The van der Waals surface area contributed by atoms with Crippen molar-refractivity contribution in [3.05, 3.63) is 33.3 Å². The molecule has 2 aromatic heterocycles. The van der Waals surface area contributed by atoms with Crippen molar-refractivity contribution in [3.8, 4) is 0 Å². The second-order valence-electron chi connectivity index (χ2n) is 3.96. The van der Waals surface area contributed by atoms with Gasteiger partial charge in [-0.05, 0) is 18.7 Å². The highest BCUT2D eigenvalue weighted by molar-refractivity contribution is 7.16. The molecule has 1 N–H and O–H groups in total. The molecule has 0 unspecified atom stereocenters. The first-order chi connectivity index (χ1) is 8.69. The summed E-state index contributed by atoms with van der Waals surface area (Å²) in [5, 5.41) is 3.21. The quantitative estimate of drug-likeness (QED) is 0.885. The van der Waals surface area contributed by atoms with E-state index in [1.54, 1.807) is 17.6 Å². The van der Waals surface area contributed by atoms with E-state index in [2.05, 4.69) is 17.2 Å². The van der Waals surface area contributed by atoms with E-state index in [1.165, 1.54) is 4.88 Å². The summed E-state index contributed by atoms with van der Waals surface area (Å²) in [6.07, 6.45) is 1.69. The van der Waals surface area contributed by atoms with Crippen molar-refractivity contribution in [2.45, 2.75) is 20.0 Å². The van der Waals surface area contributed by atoms with Crippen molar-refractivity contribution in [2.24, 2.45) is 0 Å². The fourth-order valence-corrected chi connectivity index (χ4v) is 2.69. The predicted molar refractivity (Wildman–Crippen MR) is 75.3 cm³/mol. The van der Waals surface area contributed by atoms with Gasteiger partial charge in [-0.3, -0.25) is 0 Å².